The van der Waals surface area contributed by atoms with Gasteiger partial charge in [0.2, 0.25) is 5.95 Å². The average Bonchev–Trinajstić information content (AvgIpc) is 3.07. The van der Waals surface area contributed by atoms with Crippen LogP contribution in [0.4, 0.5) is 5.95 Å². The molecule has 0 saturated carbocycles. The summed E-state index contributed by atoms with van der Waals surface area (Å²) in [4.78, 5) is 4.39. The molecule has 20 heavy (non-hydrogen) atoms. The number of nitrogen functional groups attached to an aromatic ring is 1. The van der Waals surface area contributed by atoms with Gasteiger partial charge >= 0.3 is 0 Å². The van der Waals surface area contributed by atoms with Crippen LogP contribution in [0.1, 0.15) is 6.42 Å². The van der Waals surface area contributed by atoms with E-state index in [1.54, 1.807) is 13.3 Å². The van der Waals surface area contributed by atoms with Gasteiger partial charge in [-0.05, 0) is 24.6 Å². The van der Waals surface area contributed by atoms with Gasteiger partial charge in [-0.1, -0.05) is 6.07 Å². The van der Waals surface area contributed by atoms with Gasteiger partial charge in [0.05, 0.1) is 12.6 Å². The minimum Gasteiger partial charge on any atom is -0.494 e. The lowest BCUT2D eigenvalue weighted by atomic mass is 10.3. The zero-order chi connectivity index (χ0) is 13.9. The molecule has 0 unspecified atom stereocenters. The molecule has 0 spiro atoms. The number of nitrogens with zero attached hydrogens (tertiary/aromatic N) is 4. The van der Waals surface area contributed by atoms with E-state index in [2.05, 4.69) is 10.1 Å². The van der Waals surface area contributed by atoms with E-state index in [1.807, 2.05) is 39.7 Å². The van der Waals surface area contributed by atoms with Gasteiger partial charge in [-0.15, -0.1) is 0 Å². The fourth-order valence-corrected chi connectivity index (χ4v) is 2.36. The van der Waals surface area contributed by atoms with Crippen molar-refractivity contribution in [2.24, 2.45) is 0 Å². The molecule has 3 aromatic rings. The van der Waals surface area contributed by atoms with Crippen molar-refractivity contribution in [2.45, 2.75) is 19.5 Å². The third-order valence-electron chi connectivity index (χ3n) is 3.32. The molecule has 1 aromatic carbocycles. The molecule has 6 heteroatoms. The molecule has 0 aliphatic carbocycles. The molecule has 0 fully saturated rings. The lowest BCUT2D eigenvalue weighted by Crippen LogP contribution is -2.07. The van der Waals surface area contributed by atoms with E-state index in [4.69, 9.17) is 10.5 Å². The first-order valence-corrected chi connectivity index (χ1v) is 6.56. The predicted molar refractivity (Wildman–Crippen MR) is 77.5 cm³/mol. The van der Waals surface area contributed by atoms with Gasteiger partial charge in [0.15, 0.2) is 0 Å². The molecule has 2 N–H and O–H groups in total. The second-order valence-corrected chi connectivity index (χ2v) is 4.57. The normalized spacial score (nSPS) is 11.1. The van der Waals surface area contributed by atoms with Crippen LogP contribution in [0.25, 0.3) is 11.0 Å². The zero-order valence-corrected chi connectivity index (χ0v) is 11.4. The SMILES string of the molecule is COc1cccc2c1nc(N)n2CCCn1cccn1. The predicted octanol–water partition coefficient (Wildman–Crippen LogP) is 1.91. The van der Waals surface area contributed by atoms with Crippen LogP contribution in [-0.2, 0) is 13.1 Å². The maximum Gasteiger partial charge on any atom is 0.201 e. The number of fused-ring (bicyclic) bond motifs is 1. The van der Waals surface area contributed by atoms with Crippen molar-refractivity contribution >= 4 is 17.0 Å². The van der Waals surface area contributed by atoms with E-state index in [1.165, 1.54) is 0 Å². The van der Waals surface area contributed by atoms with Crippen LogP contribution >= 0.6 is 0 Å². The maximum atomic E-state index is 6.01. The van der Waals surface area contributed by atoms with Gasteiger partial charge < -0.3 is 15.0 Å². The van der Waals surface area contributed by atoms with Gasteiger partial charge in [-0.2, -0.15) is 5.10 Å². The molecule has 3 rings (SSSR count). The third-order valence-corrected chi connectivity index (χ3v) is 3.32. The van der Waals surface area contributed by atoms with Crippen LogP contribution in [0.2, 0.25) is 0 Å². The lowest BCUT2D eigenvalue weighted by Gasteiger charge is -2.07. The van der Waals surface area contributed by atoms with E-state index in [9.17, 15) is 0 Å². The number of anilines is 1. The average molecular weight is 271 g/mol. The van der Waals surface area contributed by atoms with Gasteiger partial charge in [0, 0.05) is 25.5 Å². The number of imidazole rings is 1. The molecular weight excluding hydrogens is 254 g/mol. The number of rotatable bonds is 5. The van der Waals surface area contributed by atoms with Crippen LogP contribution in [0.3, 0.4) is 0 Å². The summed E-state index contributed by atoms with van der Waals surface area (Å²) in [6, 6.07) is 7.77. The van der Waals surface area contributed by atoms with Crippen LogP contribution < -0.4 is 10.5 Å². The smallest absolute Gasteiger partial charge is 0.201 e. The zero-order valence-electron chi connectivity index (χ0n) is 11.4. The Kier molecular flexibility index (Phi) is 3.28. The second kappa shape index (κ2) is 5.24. The molecule has 0 amide bonds. The van der Waals surface area contributed by atoms with E-state index in [-0.39, 0.29) is 0 Å². The number of aryl methyl sites for hydroxylation is 2. The highest BCUT2D eigenvalue weighted by atomic mass is 16.5. The summed E-state index contributed by atoms with van der Waals surface area (Å²) >= 11 is 0. The number of aromatic nitrogens is 4. The van der Waals surface area contributed by atoms with Crippen LogP contribution in [0.15, 0.2) is 36.7 Å². The summed E-state index contributed by atoms with van der Waals surface area (Å²) in [5.41, 5.74) is 7.82. The number of hydrogen-bond acceptors (Lipinski definition) is 4. The first-order chi connectivity index (χ1) is 9.79. The Morgan fingerprint density at radius 3 is 2.90 bits per heavy atom. The Hall–Kier alpha value is -2.50. The summed E-state index contributed by atoms with van der Waals surface area (Å²) in [6.07, 6.45) is 4.68. The summed E-state index contributed by atoms with van der Waals surface area (Å²) in [6.45, 7) is 1.66. The lowest BCUT2D eigenvalue weighted by molar-refractivity contribution is 0.419. The minimum absolute atomic E-state index is 0.518. The topological polar surface area (TPSA) is 70.9 Å². The molecule has 2 aromatic heterocycles. The van der Waals surface area contributed by atoms with Gasteiger partial charge in [0.1, 0.15) is 11.3 Å². The van der Waals surface area contributed by atoms with Crippen molar-refractivity contribution in [2.75, 3.05) is 12.8 Å². The summed E-state index contributed by atoms with van der Waals surface area (Å²) < 4.78 is 9.24. The Morgan fingerprint density at radius 2 is 2.15 bits per heavy atom. The fourth-order valence-electron chi connectivity index (χ4n) is 2.36. The highest BCUT2D eigenvalue weighted by molar-refractivity contribution is 5.84. The van der Waals surface area contributed by atoms with E-state index in [0.29, 0.717) is 5.95 Å². The van der Waals surface area contributed by atoms with Crippen molar-refractivity contribution in [3.8, 4) is 5.75 Å². The molecule has 0 aliphatic rings. The molecule has 0 aliphatic heterocycles. The van der Waals surface area contributed by atoms with Gasteiger partial charge in [0.25, 0.3) is 0 Å². The number of ether oxygens (including phenoxy) is 1. The summed E-state index contributed by atoms with van der Waals surface area (Å²) in [5.74, 6) is 1.27. The Labute approximate surface area is 116 Å². The highest BCUT2D eigenvalue weighted by Gasteiger charge is 2.11. The van der Waals surface area contributed by atoms with E-state index in [0.717, 1.165) is 36.3 Å². The standard InChI is InChI=1S/C14H17N5O/c1-20-12-6-2-5-11-13(12)17-14(15)19(11)10-4-9-18-8-3-7-16-18/h2-3,5-8H,4,9-10H2,1H3,(H2,15,17). The summed E-state index contributed by atoms with van der Waals surface area (Å²) in [7, 11) is 1.64. The molecule has 0 saturated heterocycles. The minimum atomic E-state index is 0.518. The number of hydrogen-bond donors (Lipinski definition) is 1. The monoisotopic (exact) mass is 271 g/mol. The van der Waals surface area contributed by atoms with Crippen molar-refractivity contribution in [3.63, 3.8) is 0 Å². The molecule has 6 nitrogen and oxygen atoms in total. The number of para-hydroxylation sites is 1. The first-order valence-electron chi connectivity index (χ1n) is 6.56. The molecular formula is C14H17N5O. The number of methoxy groups -OCH3 is 1. The largest absolute Gasteiger partial charge is 0.494 e. The van der Waals surface area contributed by atoms with Crippen molar-refractivity contribution < 1.29 is 4.74 Å². The Bertz CT molecular complexity index is 702. The second-order valence-electron chi connectivity index (χ2n) is 4.57. The van der Waals surface area contributed by atoms with Gasteiger partial charge in [-0.3, -0.25) is 4.68 Å². The maximum absolute atomic E-state index is 6.01. The first kappa shape index (κ1) is 12.5. The Morgan fingerprint density at radius 1 is 1.25 bits per heavy atom. The van der Waals surface area contributed by atoms with E-state index < -0.39 is 0 Å². The van der Waals surface area contributed by atoms with Gasteiger partial charge in [-0.25, -0.2) is 4.98 Å². The van der Waals surface area contributed by atoms with Crippen molar-refractivity contribution in [3.05, 3.63) is 36.7 Å². The van der Waals surface area contributed by atoms with Crippen LogP contribution in [0.5, 0.6) is 5.75 Å². The molecule has 0 bridgehead atoms. The molecule has 0 radical (unpaired) electrons. The van der Waals surface area contributed by atoms with Crippen LogP contribution in [-0.4, -0.2) is 26.4 Å². The molecule has 104 valence electrons. The number of benzene rings is 1. The van der Waals surface area contributed by atoms with Crippen LogP contribution in [0, 0.1) is 0 Å². The summed E-state index contributed by atoms with van der Waals surface area (Å²) in [5, 5.41) is 4.19. The molecule has 2 heterocycles. The number of nitrogens with two attached hydrogens (primary N) is 1. The van der Waals surface area contributed by atoms with E-state index >= 15 is 0 Å². The van der Waals surface area contributed by atoms with Crippen molar-refractivity contribution in [1.29, 1.82) is 0 Å². The Balaban J connectivity index is 1.82. The quantitative estimate of drug-likeness (QED) is 0.769. The highest BCUT2D eigenvalue weighted by Crippen LogP contribution is 2.26. The molecule has 0 atom stereocenters. The fraction of sp³-hybridized carbons (Fsp3) is 0.286. The third kappa shape index (κ3) is 2.20. The van der Waals surface area contributed by atoms with Crippen molar-refractivity contribution in [1.82, 2.24) is 19.3 Å².